The summed E-state index contributed by atoms with van der Waals surface area (Å²) in [5.74, 6) is 0.781. The third-order valence-electron chi connectivity index (χ3n) is 3.05. The van der Waals surface area contributed by atoms with Crippen molar-refractivity contribution in [1.82, 2.24) is 9.97 Å². The Morgan fingerprint density at radius 2 is 2.17 bits per heavy atom. The zero-order chi connectivity index (χ0) is 12.5. The first kappa shape index (κ1) is 10.5. The van der Waals surface area contributed by atoms with Gasteiger partial charge in [-0.25, -0.2) is 4.98 Å². The fourth-order valence-electron chi connectivity index (χ4n) is 2.15. The molecule has 1 aromatic heterocycles. The molecular formula is C13H11N5. The van der Waals surface area contributed by atoms with Gasteiger partial charge in [0, 0.05) is 12.2 Å². The summed E-state index contributed by atoms with van der Waals surface area (Å²) in [6, 6.07) is 10.1. The van der Waals surface area contributed by atoms with Crippen LogP contribution in [-0.2, 0) is 6.42 Å². The lowest BCUT2D eigenvalue weighted by Gasteiger charge is -2.17. The summed E-state index contributed by atoms with van der Waals surface area (Å²) in [7, 11) is 0. The summed E-state index contributed by atoms with van der Waals surface area (Å²) >= 11 is 0. The van der Waals surface area contributed by atoms with Gasteiger partial charge in [0.2, 0.25) is 5.95 Å². The number of hydrogen-bond acceptors (Lipinski definition) is 5. The predicted molar refractivity (Wildman–Crippen MR) is 68.3 cm³/mol. The molecule has 0 aliphatic carbocycles. The molecule has 1 aliphatic rings. The van der Waals surface area contributed by atoms with Gasteiger partial charge in [-0.05, 0) is 18.1 Å². The zero-order valence-corrected chi connectivity index (χ0v) is 9.67. The second-order valence-corrected chi connectivity index (χ2v) is 4.11. The molecule has 18 heavy (non-hydrogen) atoms. The Morgan fingerprint density at radius 3 is 2.94 bits per heavy atom. The molecular weight excluding hydrogens is 226 g/mol. The van der Waals surface area contributed by atoms with Crippen LogP contribution in [0.1, 0.15) is 11.1 Å². The molecule has 2 heterocycles. The van der Waals surface area contributed by atoms with E-state index in [-0.39, 0.29) is 5.82 Å². The van der Waals surface area contributed by atoms with E-state index in [2.05, 4.69) is 16.0 Å². The average Bonchev–Trinajstić information content (AvgIpc) is 2.82. The molecule has 3 rings (SSSR count). The highest BCUT2D eigenvalue weighted by molar-refractivity contribution is 5.66. The maximum atomic E-state index is 8.81. The zero-order valence-electron chi connectivity index (χ0n) is 9.67. The van der Waals surface area contributed by atoms with Gasteiger partial charge < -0.3 is 10.6 Å². The highest BCUT2D eigenvalue weighted by Crippen LogP contribution is 2.32. The van der Waals surface area contributed by atoms with Gasteiger partial charge in [0.25, 0.3) is 0 Å². The summed E-state index contributed by atoms with van der Waals surface area (Å²) in [5, 5.41) is 8.81. The van der Waals surface area contributed by atoms with Crippen LogP contribution >= 0.6 is 0 Å². The van der Waals surface area contributed by atoms with Crippen molar-refractivity contribution < 1.29 is 0 Å². The summed E-state index contributed by atoms with van der Waals surface area (Å²) in [5.41, 5.74) is 8.42. The number of anilines is 3. The quantitative estimate of drug-likeness (QED) is 0.815. The van der Waals surface area contributed by atoms with Crippen molar-refractivity contribution in [2.45, 2.75) is 6.42 Å². The van der Waals surface area contributed by atoms with Crippen LogP contribution in [0.15, 0.2) is 30.5 Å². The number of para-hydroxylation sites is 1. The Balaban J connectivity index is 2.03. The lowest BCUT2D eigenvalue weighted by atomic mass is 10.2. The third kappa shape index (κ3) is 1.55. The number of nitrogens with zero attached hydrogens (tertiary/aromatic N) is 4. The maximum Gasteiger partial charge on any atom is 0.231 e. The number of nitriles is 1. The van der Waals surface area contributed by atoms with Crippen LogP contribution in [0.2, 0.25) is 0 Å². The topological polar surface area (TPSA) is 78.8 Å². The first-order valence-corrected chi connectivity index (χ1v) is 5.67. The normalized spacial score (nSPS) is 13.2. The number of hydrogen-bond donors (Lipinski definition) is 1. The molecule has 0 spiro atoms. The van der Waals surface area contributed by atoms with Crippen molar-refractivity contribution in [3.05, 3.63) is 41.6 Å². The Hall–Kier alpha value is -2.61. The Labute approximate surface area is 105 Å². The van der Waals surface area contributed by atoms with E-state index in [0.717, 1.165) is 18.7 Å². The molecule has 0 bridgehead atoms. The monoisotopic (exact) mass is 237 g/mol. The van der Waals surface area contributed by atoms with E-state index in [1.54, 1.807) is 0 Å². The molecule has 2 N–H and O–H groups in total. The number of aromatic nitrogens is 2. The molecule has 5 nitrogen and oxygen atoms in total. The minimum atomic E-state index is 0.229. The molecule has 2 aromatic rings. The smallest absolute Gasteiger partial charge is 0.231 e. The van der Waals surface area contributed by atoms with Gasteiger partial charge in [0.15, 0.2) is 0 Å². The molecule has 5 heteroatoms. The maximum absolute atomic E-state index is 8.81. The van der Waals surface area contributed by atoms with Crippen LogP contribution in [0.5, 0.6) is 0 Å². The van der Waals surface area contributed by atoms with Crippen LogP contribution in [0.4, 0.5) is 17.5 Å². The standard InChI is InChI=1S/C13H11N5/c14-7-10-8-16-13(17-12(10)15)18-6-5-9-3-1-2-4-11(9)18/h1-4,8H,5-6H2,(H2,15,16,17). The fraction of sp³-hybridized carbons (Fsp3) is 0.154. The highest BCUT2D eigenvalue weighted by Gasteiger charge is 2.22. The second kappa shape index (κ2) is 4.00. The van der Waals surface area contributed by atoms with E-state index in [1.165, 1.54) is 11.8 Å². The highest BCUT2D eigenvalue weighted by atomic mass is 15.3. The number of nitrogen functional groups attached to an aromatic ring is 1. The number of rotatable bonds is 1. The van der Waals surface area contributed by atoms with Crippen molar-refractivity contribution >= 4 is 17.5 Å². The number of benzene rings is 1. The van der Waals surface area contributed by atoms with Gasteiger partial charge in [0.05, 0.1) is 6.20 Å². The van der Waals surface area contributed by atoms with E-state index < -0.39 is 0 Å². The summed E-state index contributed by atoms with van der Waals surface area (Å²) in [6.45, 7) is 0.838. The van der Waals surface area contributed by atoms with Crippen LogP contribution in [0.25, 0.3) is 0 Å². The van der Waals surface area contributed by atoms with Crippen molar-refractivity contribution in [2.75, 3.05) is 17.2 Å². The molecule has 0 radical (unpaired) electrons. The van der Waals surface area contributed by atoms with E-state index in [9.17, 15) is 0 Å². The Morgan fingerprint density at radius 1 is 1.33 bits per heavy atom. The minimum Gasteiger partial charge on any atom is -0.382 e. The Bertz CT molecular complexity index is 644. The minimum absolute atomic E-state index is 0.229. The van der Waals surface area contributed by atoms with Crippen LogP contribution in [0.3, 0.4) is 0 Å². The molecule has 0 saturated carbocycles. The van der Waals surface area contributed by atoms with Crippen molar-refractivity contribution in [3.8, 4) is 6.07 Å². The molecule has 0 fully saturated rings. The van der Waals surface area contributed by atoms with Crippen LogP contribution in [-0.4, -0.2) is 16.5 Å². The lowest BCUT2D eigenvalue weighted by Crippen LogP contribution is -2.17. The molecule has 1 aromatic carbocycles. The molecule has 0 amide bonds. The first-order chi connectivity index (χ1) is 8.79. The SMILES string of the molecule is N#Cc1cnc(N2CCc3ccccc32)nc1N. The van der Waals surface area contributed by atoms with Gasteiger partial charge >= 0.3 is 0 Å². The second-order valence-electron chi connectivity index (χ2n) is 4.11. The van der Waals surface area contributed by atoms with Gasteiger partial charge in [0.1, 0.15) is 17.5 Å². The van der Waals surface area contributed by atoms with Crippen molar-refractivity contribution in [1.29, 1.82) is 5.26 Å². The van der Waals surface area contributed by atoms with Crippen molar-refractivity contribution in [2.24, 2.45) is 0 Å². The van der Waals surface area contributed by atoms with E-state index in [4.69, 9.17) is 11.0 Å². The van der Waals surface area contributed by atoms with E-state index >= 15 is 0 Å². The molecule has 0 atom stereocenters. The summed E-state index contributed by atoms with van der Waals surface area (Å²) in [4.78, 5) is 10.4. The van der Waals surface area contributed by atoms with E-state index in [0.29, 0.717) is 11.5 Å². The van der Waals surface area contributed by atoms with Gasteiger partial charge in [-0.3, -0.25) is 0 Å². The number of fused-ring (bicyclic) bond motifs is 1. The third-order valence-corrected chi connectivity index (χ3v) is 3.05. The van der Waals surface area contributed by atoms with Gasteiger partial charge in [-0.2, -0.15) is 10.2 Å². The van der Waals surface area contributed by atoms with Crippen LogP contribution < -0.4 is 10.6 Å². The number of nitrogens with two attached hydrogens (primary N) is 1. The average molecular weight is 237 g/mol. The van der Waals surface area contributed by atoms with E-state index in [1.807, 2.05) is 29.2 Å². The van der Waals surface area contributed by atoms with Crippen LogP contribution in [0, 0.1) is 11.3 Å². The van der Waals surface area contributed by atoms with Gasteiger partial charge in [-0.1, -0.05) is 18.2 Å². The molecule has 1 aliphatic heterocycles. The van der Waals surface area contributed by atoms with Crippen molar-refractivity contribution in [3.63, 3.8) is 0 Å². The summed E-state index contributed by atoms with van der Waals surface area (Å²) in [6.07, 6.45) is 2.44. The molecule has 0 saturated heterocycles. The predicted octanol–water partition coefficient (Wildman–Crippen LogP) is 1.62. The lowest BCUT2D eigenvalue weighted by molar-refractivity contribution is 0.940. The summed E-state index contributed by atoms with van der Waals surface area (Å²) < 4.78 is 0. The molecule has 0 unspecified atom stereocenters. The largest absolute Gasteiger partial charge is 0.382 e. The fourth-order valence-corrected chi connectivity index (χ4v) is 2.15. The van der Waals surface area contributed by atoms with Gasteiger partial charge in [-0.15, -0.1) is 0 Å². The first-order valence-electron chi connectivity index (χ1n) is 5.67. The molecule has 88 valence electrons. The Kier molecular flexibility index (Phi) is 2.34.